The fourth-order valence-corrected chi connectivity index (χ4v) is 3.76. The van der Waals surface area contributed by atoms with Crippen LogP contribution in [0.25, 0.3) is 0 Å². The van der Waals surface area contributed by atoms with E-state index < -0.39 is 12.7 Å². The number of ether oxygens (including phenoxy) is 1. The van der Waals surface area contributed by atoms with Gasteiger partial charge in [0.25, 0.3) is 0 Å². The topological polar surface area (TPSA) is 26.3 Å². The molecule has 1 aromatic carbocycles. The van der Waals surface area contributed by atoms with Crippen molar-refractivity contribution in [1.29, 1.82) is 0 Å². The molecule has 0 radical (unpaired) electrons. The van der Waals surface area contributed by atoms with E-state index in [2.05, 4.69) is 44.3 Å². The van der Waals surface area contributed by atoms with Crippen LogP contribution in [0, 0.1) is 5.41 Å². The van der Waals surface area contributed by atoms with Crippen LogP contribution >= 0.6 is 7.26 Å². The van der Waals surface area contributed by atoms with Crippen molar-refractivity contribution in [3.8, 4) is 0 Å². The summed E-state index contributed by atoms with van der Waals surface area (Å²) in [6, 6.07) is 8.76. The number of halogens is 1. The number of carbonyl (C=O) groups excluding carboxylic acids is 1. The van der Waals surface area contributed by atoms with Crippen LogP contribution in [0.1, 0.15) is 39.2 Å². The molecule has 0 fully saturated rings. The maximum Gasteiger partial charge on any atom is 0.311 e. The molecule has 0 aliphatic carbocycles. The van der Waals surface area contributed by atoms with Crippen LogP contribution < -0.4 is 29.3 Å². The van der Waals surface area contributed by atoms with Crippen LogP contribution in [0.2, 0.25) is 0 Å². The average molecular weight is 436 g/mol. The van der Waals surface area contributed by atoms with Crippen molar-refractivity contribution in [1.82, 2.24) is 0 Å². The van der Waals surface area contributed by atoms with E-state index in [1.807, 2.05) is 20.8 Å². The predicted octanol–water partition coefficient (Wildman–Crippen LogP) is 1.13. The largest absolute Gasteiger partial charge is 1.00 e. The summed E-state index contributed by atoms with van der Waals surface area (Å²) in [6.45, 7) is 13.3. The van der Waals surface area contributed by atoms with Crippen LogP contribution in [0.4, 0.5) is 0 Å². The molecule has 4 heteroatoms. The molecule has 0 saturated carbocycles. The molecular weight excluding hydrogens is 406 g/mol. The lowest BCUT2D eigenvalue weighted by molar-refractivity contribution is -0.153. The minimum atomic E-state index is -0.984. The Hall–Kier alpha value is -0.150. The van der Waals surface area contributed by atoms with Crippen LogP contribution in [0.15, 0.2) is 24.3 Å². The van der Waals surface area contributed by atoms with E-state index in [9.17, 15) is 4.79 Å². The number of hydrogen-bond donors (Lipinski definition) is 0. The highest BCUT2D eigenvalue weighted by Gasteiger charge is 2.24. The van der Waals surface area contributed by atoms with E-state index in [1.54, 1.807) is 0 Å². The summed E-state index contributed by atoms with van der Waals surface area (Å²) in [6.07, 6.45) is 3.06. The van der Waals surface area contributed by atoms with Crippen molar-refractivity contribution in [2.45, 2.75) is 40.0 Å². The number of hydrogen-bond acceptors (Lipinski definition) is 2. The molecule has 0 saturated heterocycles. The van der Waals surface area contributed by atoms with E-state index in [1.165, 1.54) is 10.9 Å². The summed E-state index contributed by atoms with van der Waals surface area (Å²) in [5.41, 5.74) is 1.06. The predicted molar refractivity (Wildman–Crippen MR) is 94.1 cm³/mol. The van der Waals surface area contributed by atoms with Gasteiger partial charge in [0.15, 0.2) is 0 Å². The third-order valence-corrected chi connectivity index (χ3v) is 5.28. The molecule has 126 valence electrons. The first-order chi connectivity index (χ1) is 9.62. The van der Waals surface area contributed by atoms with Gasteiger partial charge in [-0.05, 0) is 51.7 Å². The summed E-state index contributed by atoms with van der Waals surface area (Å²) in [7, 11) is -0.984. The molecule has 0 spiro atoms. The molecule has 0 aliphatic heterocycles. The normalized spacial score (nSPS) is 11.7. The lowest BCUT2D eigenvalue weighted by atomic mass is 9.97. The molecule has 0 unspecified atom stereocenters. The minimum Gasteiger partial charge on any atom is -1.00 e. The highest BCUT2D eigenvalue weighted by Crippen LogP contribution is 2.46. The molecule has 0 bridgehead atoms. The molecule has 0 aromatic heterocycles. The Morgan fingerprint density at radius 2 is 1.68 bits per heavy atom. The highest BCUT2D eigenvalue weighted by molar-refractivity contribution is 7.81. The van der Waals surface area contributed by atoms with Gasteiger partial charge in [-0.3, -0.25) is 4.79 Å². The van der Waals surface area contributed by atoms with Gasteiger partial charge in [0.2, 0.25) is 0 Å². The third-order valence-electron chi connectivity index (χ3n) is 3.40. The summed E-state index contributed by atoms with van der Waals surface area (Å²) < 4.78 is 5.31. The van der Waals surface area contributed by atoms with E-state index in [0.717, 1.165) is 19.3 Å². The second-order valence-electron chi connectivity index (χ2n) is 7.48. The molecule has 0 N–H and O–H groups in total. The Labute approximate surface area is 153 Å². The van der Waals surface area contributed by atoms with Gasteiger partial charge in [0, 0.05) is 7.26 Å². The van der Waals surface area contributed by atoms with Crippen molar-refractivity contribution < 1.29 is 33.5 Å². The van der Waals surface area contributed by atoms with Gasteiger partial charge >= 0.3 is 5.97 Å². The molecule has 1 rings (SSSR count). The molecule has 0 aliphatic rings. The lowest BCUT2D eigenvalue weighted by Gasteiger charge is -2.17. The van der Waals surface area contributed by atoms with Crippen molar-refractivity contribution in [2.24, 2.45) is 5.41 Å². The van der Waals surface area contributed by atoms with Gasteiger partial charge in [-0.1, -0.05) is 18.2 Å². The number of rotatable bonds is 6. The Balaban J connectivity index is 0.00000441. The summed E-state index contributed by atoms with van der Waals surface area (Å²) in [4.78, 5) is 11.7. The van der Waals surface area contributed by atoms with Gasteiger partial charge < -0.3 is 28.7 Å². The standard InChI is InChI=1S/C18H30O2P.HI/c1-18(2,3)17(19)20-14-10-9-12-15-11-7-8-13-16(15)21(4,5)6;/h7-8,11,13H,9-10,12,14H2,1-6H3;1H/q+1;/p-1. The van der Waals surface area contributed by atoms with E-state index in [4.69, 9.17) is 4.74 Å². The number of aryl methyl sites for hydroxylation is 1. The van der Waals surface area contributed by atoms with Gasteiger partial charge in [0.05, 0.1) is 37.3 Å². The zero-order chi connectivity index (χ0) is 16.1. The third kappa shape index (κ3) is 7.41. The zero-order valence-corrected chi connectivity index (χ0v) is 17.8. The average Bonchev–Trinajstić information content (AvgIpc) is 2.36. The number of carbonyl (C=O) groups is 1. The van der Waals surface area contributed by atoms with Gasteiger partial charge in [-0.15, -0.1) is 0 Å². The molecular formula is C18H30IO2P. The van der Waals surface area contributed by atoms with Crippen LogP contribution in [0.3, 0.4) is 0 Å². The van der Waals surface area contributed by atoms with Crippen molar-refractivity contribution >= 4 is 18.5 Å². The SMILES string of the molecule is CC(C)(C)C(=O)OCCCCc1ccccc1[P+](C)(C)C.[I-]. The Morgan fingerprint density at radius 1 is 1.09 bits per heavy atom. The fourth-order valence-electron chi connectivity index (χ4n) is 2.18. The Kier molecular flexibility index (Phi) is 9.16. The summed E-state index contributed by atoms with van der Waals surface area (Å²) in [5, 5.41) is 1.52. The zero-order valence-electron chi connectivity index (χ0n) is 14.8. The maximum atomic E-state index is 11.7. The fraction of sp³-hybridized carbons (Fsp3) is 0.611. The minimum absolute atomic E-state index is 0. The van der Waals surface area contributed by atoms with Crippen molar-refractivity contribution in [2.75, 3.05) is 26.6 Å². The monoisotopic (exact) mass is 436 g/mol. The van der Waals surface area contributed by atoms with Crippen molar-refractivity contribution in [3.63, 3.8) is 0 Å². The van der Waals surface area contributed by atoms with Crippen LogP contribution in [0.5, 0.6) is 0 Å². The molecule has 0 atom stereocenters. The van der Waals surface area contributed by atoms with E-state index >= 15 is 0 Å². The molecule has 0 amide bonds. The Bertz CT molecular complexity index is 473. The van der Waals surface area contributed by atoms with Crippen molar-refractivity contribution in [3.05, 3.63) is 29.8 Å². The van der Waals surface area contributed by atoms with Gasteiger partial charge in [-0.2, -0.15) is 0 Å². The first-order valence-corrected chi connectivity index (χ1v) is 10.8. The molecule has 1 aromatic rings. The number of unbranched alkanes of at least 4 members (excludes halogenated alkanes) is 1. The highest BCUT2D eigenvalue weighted by atomic mass is 127. The quantitative estimate of drug-likeness (QED) is 0.290. The smallest absolute Gasteiger partial charge is 0.311 e. The maximum absolute atomic E-state index is 11.7. The van der Waals surface area contributed by atoms with Gasteiger partial charge in [-0.25, -0.2) is 0 Å². The molecule has 0 heterocycles. The van der Waals surface area contributed by atoms with E-state index in [-0.39, 0.29) is 29.9 Å². The molecule has 22 heavy (non-hydrogen) atoms. The van der Waals surface area contributed by atoms with Crippen LogP contribution in [-0.4, -0.2) is 32.6 Å². The summed E-state index contributed by atoms with van der Waals surface area (Å²) in [5.74, 6) is -0.108. The molecule has 2 nitrogen and oxygen atoms in total. The van der Waals surface area contributed by atoms with Crippen LogP contribution in [-0.2, 0) is 16.0 Å². The van der Waals surface area contributed by atoms with E-state index in [0.29, 0.717) is 6.61 Å². The number of esters is 1. The first kappa shape index (κ1) is 21.9. The number of benzene rings is 1. The second-order valence-corrected chi connectivity index (χ2v) is 12.0. The second kappa shape index (κ2) is 9.22. The van der Waals surface area contributed by atoms with Gasteiger partial charge in [0.1, 0.15) is 0 Å². The first-order valence-electron chi connectivity index (χ1n) is 7.69. The Morgan fingerprint density at radius 3 is 2.23 bits per heavy atom. The summed E-state index contributed by atoms with van der Waals surface area (Å²) >= 11 is 0. The lowest BCUT2D eigenvalue weighted by Crippen LogP contribution is -3.00.